The van der Waals surface area contributed by atoms with E-state index in [1.54, 1.807) is 0 Å². The number of hydrogen-bond donors (Lipinski definition) is 1. The predicted molar refractivity (Wildman–Crippen MR) is 110 cm³/mol. The minimum atomic E-state index is 0.478. The third-order valence-electron chi connectivity index (χ3n) is 4.72. The summed E-state index contributed by atoms with van der Waals surface area (Å²) in [4.78, 5) is 9.69. The Morgan fingerprint density at radius 1 is 1.12 bits per heavy atom. The maximum absolute atomic E-state index is 5.55. The minimum absolute atomic E-state index is 0.478. The lowest BCUT2D eigenvalue weighted by atomic mass is 10.2. The molecule has 2 aromatic carbocycles. The first kappa shape index (κ1) is 16.9. The molecule has 1 aliphatic rings. The summed E-state index contributed by atoms with van der Waals surface area (Å²) in [6, 6.07) is 16.3. The summed E-state index contributed by atoms with van der Waals surface area (Å²) in [6.07, 6.45) is 4.55. The fourth-order valence-electron chi connectivity index (χ4n) is 3.47. The molecule has 0 saturated heterocycles. The first-order valence-corrected chi connectivity index (χ1v) is 9.52. The molecule has 0 fully saturated rings. The van der Waals surface area contributed by atoms with Gasteiger partial charge in [0.05, 0.1) is 5.52 Å². The molecule has 0 bridgehead atoms. The van der Waals surface area contributed by atoms with Crippen LogP contribution >= 0.6 is 12.2 Å². The van der Waals surface area contributed by atoms with E-state index in [0.29, 0.717) is 5.11 Å². The monoisotopic (exact) mass is 362 g/mol. The molecular weight excluding hydrogens is 340 g/mol. The number of aryl methyl sites for hydroxylation is 2. The molecule has 26 heavy (non-hydrogen) atoms. The van der Waals surface area contributed by atoms with Crippen molar-refractivity contribution in [2.45, 2.75) is 39.2 Å². The molecule has 2 heterocycles. The molecule has 0 radical (unpaired) electrons. The molecule has 0 unspecified atom stereocenters. The number of aromatic nitrogens is 2. The molecule has 1 N–H and O–H groups in total. The molecule has 0 atom stereocenters. The zero-order valence-electron chi connectivity index (χ0n) is 14.9. The molecule has 3 aromatic rings. The number of nitrogens with zero attached hydrogens (tertiary/aromatic N) is 3. The molecule has 0 saturated carbocycles. The van der Waals surface area contributed by atoms with Crippen molar-refractivity contribution in [1.29, 1.82) is 0 Å². The normalized spacial score (nSPS) is 14.7. The molecule has 132 valence electrons. The van der Waals surface area contributed by atoms with E-state index in [1.807, 2.05) is 24.3 Å². The zero-order chi connectivity index (χ0) is 17.9. The smallest absolute Gasteiger partial charge is 0.199 e. The van der Waals surface area contributed by atoms with Gasteiger partial charge in [-0.25, -0.2) is 9.98 Å². The summed E-state index contributed by atoms with van der Waals surface area (Å²) in [5.41, 5.74) is 4.05. The topological polar surface area (TPSA) is 42.2 Å². The fourth-order valence-corrected chi connectivity index (χ4v) is 3.68. The zero-order valence-corrected chi connectivity index (χ0v) is 15.7. The average molecular weight is 363 g/mol. The largest absolute Gasteiger partial charge is 0.331 e. The number of hydrogen-bond acceptors (Lipinski definition) is 2. The van der Waals surface area contributed by atoms with Gasteiger partial charge in [0.15, 0.2) is 5.11 Å². The molecule has 0 aliphatic carbocycles. The van der Waals surface area contributed by atoms with E-state index in [2.05, 4.69) is 41.1 Å². The SMILES string of the molecule is Cc1cccc(NC(=S)N=c2c3ccccc3nc3n2CCCCC3)c1. The highest BCUT2D eigenvalue weighted by Gasteiger charge is 2.12. The van der Waals surface area contributed by atoms with E-state index in [4.69, 9.17) is 22.2 Å². The molecule has 0 amide bonds. The van der Waals surface area contributed by atoms with Crippen molar-refractivity contribution >= 4 is 33.9 Å². The lowest BCUT2D eigenvalue weighted by molar-refractivity contribution is 0.608. The Bertz CT molecular complexity index is 1040. The molecule has 4 nitrogen and oxygen atoms in total. The lowest BCUT2D eigenvalue weighted by Crippen LogP contribution is -2.28. The quantitative estimate of drug-likeness (QED) is 0.654. The maximum atomic E-state index is 5.55. The Labute approximate surface area is 158 Å². The van der Waals surface area contributed by atoms with Gasteiger partial charge in [-0.15, -0.1) is 0 Å². The first-order valence-electron chi connectivity index (χ1n) is 9.11. The number of anilines is 1. The summed E-state index contributed by atoms with van der Waals surface area (Å²) in [5, 5.41) is 4.77. The first-order chi connectivity index (χ1) is 12.7. The standard InChI is InChI=1S/C21H22N4S/c1-15-8-7-9-16(14-15)22-21(26)24-20-17-10-4-5-11-18(17)23-19-12-3-2-6-13-25(19)20/h4-5,7-11,14H,2-3,6,12-13H2,1H3,(H,22,26). The van der Waals surface area contributed by atoms with Gasteiger partial charge in [-0.1, -0.05) is 30.7 Å². The molecule has 4 rings (SSSR count). The predicted octanol–water partition coefficient (Wildman–Crippen LogP) is 4.37. The van der Waals surface area contributed by atoms with Gasteiger partial charge >= 0.3 is 0 Å². The van der Waals surface area contributed by atoms with Crippen LogP contribution in [0.3, 0.4) is 0 Å². The van der Waals surface area contributed by atoms with Gasteiger partial charge in [0.25, 0.3) is 0 Å². The van der Waals surface area contributed by atoms with Crippen molar-refractivity contribution < 1.29 is 0 Å². The van der Waals surface area contributed by atoms with Crippen molar-refractivity contribution in [1.82, 2.24) is 9.55 Å². The second-order valence-corrected chi connectivity index (χ2v) is 7.13. The third kappa shape index (κ3) is 3.53. The van der Waals surface area contributed by atoms with Crippen LogP contribution in [-0.4, -0.2) is 14.7 Å². The Morgan fingerprint density at radius 2 is 2.00 bits per heavy atom. The average Bonchev–Trinajstić information content (AvgIpc) is 2.87. The third-order valence-corrected chi connectivity index (χ3v) is 4.91. The Balaban J connectivity index is 1.82. The Hall–Kier alpha value is -2.53. The molecule has 5 heteroatoms. The van der Waals surface area contributed by atoms with Gasteiger partial charge in [0.1, 0.15) is 11.3 Å². The van der Waals surface area contributed by atoms with Gasteiger partial charge in [-0.3, -0.25) is 0 Å². The molecule has 1 aliphatic heterocycles. The Kier molecular flexibility index (Phi) is 4.80. The molecule has 0 spiro atoms. The van der Waals surface area contributed by atoms with Crippen molar-refractivity contribution in [3.8, 4) is 0 Å². The highest BCUT2D eigenvalue weighted by atomic mass is 32.1. The number of fused-ring (bicyclic) bond motifs is 2. The van der Waals surface area contributed by atoms with Crippen molar-refractivity contribution in [3.63, 3.8) is 0 Å². The van der Waals surface area contributed by atoms with E-state index in [-0.39, 0.29) is 0 Å². The van der Waals surface area contributed by atoms with Crippen molar-refractivity contribution in [2.24, 2.45) is 4.99 Å². The van der Waals surface area contributed by atoms with Crippen LogP contribution in [-0.2, 0) is 13.0 Å². The molecular formula is C21H22N4S. The minimum Gasteiger partial charge on any atom is -0.331 e. The van der Waals surface area contributed by atoms with E-state index in [0.717, 1.165) is 47.3 Å². The number of thiocarbonyl (C=S) groups is 1. The molecule has 1 aromatic heterocycles. The van der Waals surface area contributed by atoms with Gasteiger partial charge in [-0.05, 0) is 61.8 Å². The van der Waals surface area contributed by atoms with Gasteiger partial charge in [-0.2, -0.15) is 0 Å². The van der Waals surface area contributed by atoms with Gasteiger partial charge < -0.3 is 9.88 Å². The van der Waals surface area contributed by atoms with Gasteiger partial charge in [0.2, 0.25) is 0 Å². The van der Waals surface area contributed by atoms with Crippen LogP contribution in [0, 0.1) is 6.92 Å². The van der Waals surface area contributed by atoms with Crippen LogP contribution in [0.1, 0.15) is 30.7 Å². The van der Waals surface area contributed by atoms with Crippen LogP contribution in [0.4, 0.5) is 5.69 Å². The van der Waals surface area contributed by atoms with Crippen LogP contribution in [0.5, 0.6) is 0 Å². The number of nitrogens with one attached hydrogen (secondary N) is 1. The summed E-state index contributed by atoms with van der Waals surface area (Å²) >= 11 is 5.55. The van der Waals surface area contributed by atoms with E-state index in [1.165, 1.54) is 18.4 Å². The van der Waals surface area contributed by atoms with Crippen LogP contribution in [0.15, 0.2) is 53.5 Å². The van der Waals surface area contributed by atoms with E-state index < -0.39 is 0 Å². The lowest BCUT2D eigenvalue weighted by Gasteiger charge is -2.13. The number of para-hydroxylation sites is 1. The highest BCUT2D eigenvalue weighted by Crippen LogP contribution is 2.15. The van der Waals surface area contributed by atoms with Crippen LogP contribution < -0.4 is 10.8 Å². The van der Waals surface area contributed by atoms with E-state index in [9.17, 15) is 0 Å². The van der Waals surface area contributed by atoms with Crippen molar-refractivity contribution in [2.75, 3.05) is 5.32 Å². The summed E-state index contributed by atoms with van der Waals surface area (Å²) < 4.78 is 2.25. The van der Waals surface area contributed by atoms with E-state index >= 15 is 0 Å². The Morgan fingerprint density at radius 3 is 2.88 bits per heavy atom. The van der Waals surface area contributed by atoms with Crippen LogP contribution in [0.25, 0.3) is 10.9 Å². The number of benzene rings is 2. The van der Waals surface area contributed by atoms with Crippen molar-refractivity contribution in [3.05, 3.63) is 65.4 Å². The summed E-state index contributed by atoms with van der Waals surface area (Å²) in [7, 11) is 0. The number of rotatable bonds is 1. The maximum Gasteiger partial charge on any atom is 0.199 e. The summed E-state index contributed by atoms with van der Waals surface area (Å²) in [5.74, 6) is 1.11. The second kappa shape index (κ2) is 7.38. The second-order valence-electron chi connectivity index (χ2n) is 6.74. The fraction of sp³-hybridized carbons (Fsp3) is 0.286. The van der Waals surface area contributed by atoms with Gasteiger partial charge in [0, 0.05) is 24.0 Å². The van der Waals surface area contributed by atoms with Crippen LogP contribution in [0.2, 0.25) is 0 Å². The summed E-state index contributed by atoms with van der Waals surface area (Å²) in [6.45, 7) is 3.01. The highest BCUT2D eigenvalue weighted by molar-refractivity contribution is 7.80.